The van der Waals surface area contributed by atoms with Gasteiger partial charge in [0.15, 0.2) is 5.76 Å². The summed E-state index contributed by atoms with van der Waals surface area (Å²) >= 11 is 1.03. The Morgan fingerprint density at radius 3 is 2.61 bits per heavy atom. The van der Waals surface area contributed by atoms with Crippen LogP contribution in [0.3, 0.4) is 0 Å². The molecule has 0 fully saturated rings. The third-order valence-electron chi connectivity index (χ3n) is 3.60. The van der Waals surface area contributed by atoms with Crippen LogP contribution in [0.4, 0.5) is 5.00 Å². The van der Waals surface area contributed by atoms with E-state index in [0.29, 0.717) is 28.6 Å². The van der Waals surface area contributed by atoms with Gasteiger partial charge in [-0.05, 0) is 12.2 Å². The summed E-state index contributed by atoms with van der Waals surface area (Å²) in [6, 6.07) is 0. The number of carboxylic acid groups (broad SMARTS) is 1. The summed E-state index contributed by atoms with van der Waals surface area (Å²) in [7, 11) is 1.45. The summed E-state index contributed by atoms with van der Waals surface area (Å²) in [6.07, 6.45) is 5.58. The number of oxazole rings is 1. The van der Waals surface area contributed by atoms with Crippen molar-refractivity contribution >= 4 is 40.4 Å². The summed E-state index contributed by atoms with van der Waals surface area (Å²) in [5.41, 5.74) is 0.888. The molecule has 3 rings (SSSR count). The van der Waals surface area contributed by atoms with E-state index in [2.05, 4.69) is 33.4 Å². The van der Waals surface area contributed by atoms with Crippen LogP contribution in [0.1, 0.15) is 32.5 Å². The SMILES string of the molecule is C=Cc1nc(C(=O)Nc2scc(-c3cnc(OC)cn3)c2C(=O)O)oc1C=C. The first-order chi connectivity index (χ1) is 13.5. The van der Waals surface area contributed by atoms with Gasteiger partial charge in [0.25, 0.3) is 5.89 Å². The maximum absolute atomic E-state index is 12.4. The van der Waals surface area contributed by atoms with Crippen LogP contribution in [0.15, 0.2) is 35.3 Å². The average Bonchev–Trinajstić information content (AvgIpc) is 3.31. The van der Waals surface area contributed by atoms with Gasteiger partial charge >= 0.3 is 11.9 Å². The molecule has 0 atom stereocenters. The second-order valence-corrected chi connectivity index (χ2v) is 6.11. The highest BCUT2D eigenvalue weighted by Gasteiger charge is 2.24. The van der Waals surface area contributed by atoms with Gasteiger partial charge in [-0.2, -0.15) is 0 Å². The van der Waals surface area contributed by atoms with Gasteiger partial charge in [0.1, 0.15) is 16.3 Å². The van der Waals surface area contributed by atoms with Gasteiger partial charge in [-0.3, -0.25) is 4.79 Å². The summed E-state index contributed by atoms with van der Waals surface area (Å²) in [5.74, 6) is -1.58. The first kappa shape index (κ1) is 19.0. The topological polar surface area (TPSA) is 127 Å². The molecule has 3 heterocycles. The number of carboxylic acids is 1. The Kier molecular flexibility index (Phi) is 5.32. The van der Waals surface area contributed by atoms with Gasteiger partial charge < -0.3 is 19.6 Å². The standard InChI is InChI=1S/C18H14N4O5S/c1-4-10-12(5-2)27-16(21-10)15(23)22-17-14(18(24)25)9(8-28-17)11-6-20-13(26-3)7-19-11/h4-8H,1-2H2,3H3,(H,22,23)(H,24,25). The number of hydrogen-bond acceptors (Lipinski definition) is 8. The number of hydrogen-bond donors (Lipinski definition) is 2. The molecule has 2 N–H and O–H groups in total. The Bertz CT molecular complexity index is 1040. The van der Waals surface area contributed by atoms with E-state index < -0.39 is 11.9 Å². The number of rotatable bonds is 7. The van der Waals surface area contributed by atoms with Gasteiger partial charge in [0.2, 0.25) is 5.88 Å². The van der Waals surface area contributed by atoms with E-state index in [4.69, 9.17) is 9.15 Å². The minimum Gasteiger partial charge on any atom is -0.480 e. The monoisotopic (exact) mass is 398 g/mol. The smallest absolute Gasteiger partial charge is 0.339 e. The Hall–Kier alpha value is -3.79. The first-order valence-corrected chi connectivity index (χ1v) is 8.64. The average molecular weight is 398 g/mol. The van der Waals surface area contributed by atoms with E-state index in [-0.39, 0.29) is 16.5 Å². The second kappa shape index (κ2) is 7.84. The number of anilines is 1. The molecule has 0 saturated heterocycles. The summed E-state index contributed by atoms with van der Waals surface area (Å²) in [4.78, 5) is 36.4. The van der Waals surface area contributed by atoms with Crippen molar-refractivity contribution in [3.05, 3.63) is 53.8 Å². The Morgan fingerprint density at radius 1 is 1.29 bits per heavy atom. The van der Waals surface area contributed by atoms with Crippen LogP contribution in [0.2, 0.25) is 0 Å². The molecule has 3 aromatic rings. The zero-order valence-electron chi connectivity index (χ0n) is 14.6. The number of aromatic carboxylic acids is 1. The number of amides is 1. The molecule has 1 amide bonds. The van der Waals surface area contributed by atoms with E-state index in [1.807, 2.05) is 0 Å². The van der Waals surface area contributed by atoms with Crippen molar-refractivity contribution in [2.45, 2.75) is 0 Å². The maximum atomic E-state index is 12.4. The molecule has 9 nitrogen and oxygen atoms in total. The number of aromatic nitrogens is 3. The fourth-order valence-corrected chi connectivity index (χ4v) is 3.24. The lowest BCUT2D eigenvalue weighted by atomic mass is 10.1. The number of nitrogens with zero attached hydrogens (tertiary/aromatic N) is 3. The fourth-order valence-electron chi connectivity index (χ4n) is 2.30. The van der Waals surface area contributed by atoms with Crippen molar-refractivity contribution in [2.75, 3.05) is 12.4 Å². The second-order valence-electron chi connectivity index (χ2n) is 5.23. The van der Waals surface area contributed by atoms with Crippen molar-refractivity contribution in [3.63, 3.8) is 0 Å². The molecule has 0 spiro atoms. The molecule has 0 saturated carbocycles. The molecule has 0 aliphatic carbocycles. The van der Waals surface area contributed by atoms with Crippen LogP contribution in [-0.2, 0) is 0 Å². The summed E-state index contributed by atoms with van der Waals surface area (Å²) in [6.45, 7) is 7.16. The highest BCUT2D eigenvalue weighted by molar-refractivity contribution is 7.15. The molecular formula is C18H14N4O5S. The predicted octanol–water partition coefficient (Wildman–Crippen LogP) is 3.44. The van der Waals surface area contributed by atoms with E-state index >= 15 is 0 Å². The fraction of sp³-hybridized carbons (Fsp3) is 0.0556. The lowest BCUT2D eigenvalue weighted by Crippen LogP contribution is -2.14. The van der Waals surface area contributed by atoms with E-state index in [9.17, 15) is 14.7 Å². The molecule has 0 bridgehead atoms. The highest BCUT2D eigenvalue weighted by atomic mass is 32.1. The Morgan fingerprint density at radius 2 is 2.07 bits per heavy atom. The minimum atomic E-state index is -1.23. The molecular weight excluding hydrogens is 384 g/mol. The molecule has 0 aliphatic heterocycles. The molecule has 0 unspecified atom stereocenters. The summed E-state index contributed by atoms with van der Waals surface area (Å²) < 4.78 is 10.3. The van der Waals surface area contributed by atoms with E-state index in [1.165, 1.54) is 31.7 Å². The van der Waals surface area contributed by atoms with Crippen molar-refractivity contribution < 1.29 is 23.8 Å². The first-order valence-electron chi connectivity index (χ1n) is 7.76. The molecule has 28 heavy (non-hydrogen) atoms. The van der Waals surface area contributed by atoms with Crippen LogP contribution in [0.25, 0.3) is 23.4 Å². The van der Waals surface area contributed by atoms with E-state index in [0.717, 1.165) is 11.3 Å². The quantitative estimate of drug-likeness (QED) is 0.619. The molecule has 10 heteroatoms. The van der Waals surface area contributed by atoms with Crippen LogP contribution < -0.4 is 10.1 Å². The van der Waals surface area contributed by atoms with Gasteiger partial charge in [-0.25, -0.2) is 19.7 Å². The Labute approximate surface area is 163 Å². The zero-order chi connectivity index (χ0) is 20.3. The van der Waals surface area contributed by atoms with Crippen molar-refractivity contribution in [1.82, 2.24) is 15.0 Å². The molecule has 0 radical (unpaired) electrons. The summed E-state index contributed by atoms with van der Waals surface area (Å²) in [5, 5.41) is 13.8. The van der Waals surface area contributed by atoms with Crippen molar-refractivity contribution in [3.8, 4) is 17.1 Å². The zero-order valence-corrected chi connectivity index (χ0v) is 15.4. The van der Waals surface area contributed by atoms with Crippen molar-refractivity contribution in [1.29, 1.82) is 0 Å². The molecule has 3 aromatic heterocycles. The number of methoxy groups -OCH3 is 1. The minimum absolute atomic E-state index is 0.114. The van der Waals surface area contributed by atoms with Gasteiger partial charge in [-0.15, -0.1) is 11.3 Å². The molecule has 0 aliphatic rings. The number of ether oxygens (including phenoxy) is 1. The van der Waals surface area contributed by atoms with Gasteiger partial charge in [-0.1, -0.05) is 13.2 Å². The third-order valence-corrected chi connectivity index (χ3v) is 4.49. The Balaban J connectivity index is 1.94. The highest BCUT2D eigenvalue weighted by Crippen LogP contribution is 2.35. The van der Waals surface area contributed by atoms with Crippen LogP contribution in [0.5, 0.6) is 5.88 Å². The number of nitrogens with one attached hydrogen (secondary N) is 1. The molecule has 0 aromatic carbocycles. The lowest BCUT2D eigenvalue weighted by Gasteiger charge is -2.04. The number of carbonyl (C=O) groups is 2. The maximum Gasteiger partial charge on any atom is 0.339 e. The third kappa shape index (κ3) is 3.53. The van der Waals surface area contributed by atoms with Gasteiger partial charge in [0, 0.05) is 10.9 Å². The van der Waals surface area contributed by atoms with E-state index in [1.54, 1.807) is 5.38 Å². The van der Waals surface area contributed by atoms with Crippen molar-refractivity contribution in [2.24, 2.45) is 0 Å². The predicted molar refractivity (Wildman–Crippen MR) is 103 cm³/mol. The number of thiophene rings is 1. The van der Waals surface area contributed by atoms with Crippen LogP contribution in [0, 0.1) is 0 Å². The molecule has 142 valence electrons. The van der Waals surface area contributed by atoms with Crippen LogP contribution >= 0.6 is 11.3 Å². The lowest BCUT2D eigenvalue weighted by molar-refractivity contribution is 0.0699. The van der Waals surface area contributed by atoms with Crippen LogP contribution in [-0.4, -0.2) is 39.0 Å². The van der Waals surface area contributed by atoms with Gasteiger partial charge in [0.05, 0.1) is 25.2 Å². The number of carbonyl (C=O) groups excluding carboxylic acids is 1. The normalized spacial score (nSPS) is 10.3. The largest absolute Gasteiger partial charge is 0.480 e.